The molecule has 1 aromatic heterocycles. The smallest absolute Gasteiger partial charge is 0.262 e. The number of likely N-dealkylation sites (N-methyl/N-ethyl adjacent to an activating group) is 1. The van der Waals surface area contributed by atoms with E-state index in [-0.39, 0.29) is 11.8 Å². The number of carbonyl (C=O) groups is 2. The summed E-state index contributed by atoms with van der Waals surface area (Å²) >= 11 is 7.09. The first-order valence-electron chi connectivity index (χ1n) is 9.44. The third kappa shape index (κ3) is 3.69. The fourth-order valence-electron chi connectivity index (χ4n) is 4.27. The lowest BCUT2D eigenvalue weighted by Crippen LogP contribution is -2.52. The Hall–Kier alpha value is -1.89. The van der Waals surface area contributed by atoms with E-state index in [0.717, 1.165) is 18.8 Å². The number of amides is 2. The Labute approximate surface area is 174 Å². The number of carbonyl (C=O) groups excluding carboxylic acids is 2. The molecule has 2 bridgehead atoms. The van der Waals surface area contributed by atoms with Crippen molar-refractivity contribution >= 4 is 40.4 Å². The van der Waals surface area contributed by atoms with E-state index in [1.807, 2.05) is 6.07 Å². The molecule has 2 atom stereocenters. The first-order chi connectivity index (χ1) is 13.2. The van der Waals surface area contributed by atoms with Gasteiger partial charge in [0.2, 0.25) is 5.91 Å². The summed E-state index contributed by atoms with van der Waals surface area (Å²) in [6.07, 6.45) is 1.20. The fraction of sp³-hybridized carbons (Fsp3) is 0.429. The summed E-state index contributed by atoms with van der Waals surface area (Å²) in [7, 11) is 2.17. The number of hydrogen-bond donors (Lipinski definition) is 2. The van der Waals surface area contributed by atoms with E-state index in [1.54, 1.807) is 26.0 Å². The molecule has 2 unspecified atom stereocenters. The van der Waals surface area contributed by atoms with Gasteiger partial charge >= 0.3 is 0 Å². The molecule has 1 aliphatic carbocycles. The van der Waals surface area contributed by atoms with E-state index < -0.39 is 5.54 Å². The highest BCUT2D eigenvalue weighted by atomic mass is 35.5. The van der Waals surface area contributed by atoms with E-state index >= 15 is 0 Å². The Kier molecular flexibility index (Phi) is 4.98. The number of benzene rings is 1. The second-order valence-corrected chi connectivity index (χ2v) is 10.0. The Bertz CT molecular complexity index is 937. The normalized spacial score (nSPS) is 21.3. The maximum Gasteiger partial charge on any atom is 0.262 e. The number of piperidine rings is 1. The van der Waals surface area contributed by atoms with Crippen molar-refractivity contribution < 1.29 is 9.59 Å². The second-order valence-electron chi connectivity index (χ2n) is 8.33. The first-order valence-corrected chi connectivity index (χ1v) is 10.6. The lowest BCUT2D eigenvalue weighted by atomic mass is 9.96. The quantitative estimate of drug-likeness (QED) is 0.788. The highest BCUT2D eigenvalue weighted by Crippen LogP contribution is 2.46. The number of nitrogens with zero attached hydrogens (tertiary/aromatic N) is 1. The zero-order chi connectivity index (χ0) is 20.1. The Morgan fingerprint density at radius 3 is 2.54 bits per heavy atom. The van der Waals surface area contributed by atoms with Crippen molar-refractivity contribution in [2.75, 3.05) is 25.5 Å². The summed E-state index contributed by atoms with van der Waals surface area (Å²) in [6, 6.07) is 9.55. The van der Waals surface area contributed by atoms with E-state index in [2.05, 4.69) is 34.7 Å². The summed E-state index contributed by atoms with van der Waals surface area (Å²) in [5.41, 5.74) is 2.49. The van der Waals surface area contributed by atoms with Crippen molar-refractivity contribution in [3.05, 3.63) is 50.7 Å². The molecular formula is C21H24ClN3O2S. The van der Waals surface area contributed by atoms with Crippen molar-refractivity contribution in [2.45, 2.75) is 37.6 Å². The molecule has 0 spiro atoms. The molecule has 5 nitrogen and oxygen atoms in total. The van der Waals surface area contributed by atoms with E-state index in [1.165, 1.54) is 28.9 Å². The molecule has 0 radical (unpaired) electrons. The highest BCUT2D eigenvalue weighted by molar-refractivity contribution is 7.18. The molecule has 2 aliphatic rings. The van der Waals surface area contributed by atoms with Gasteiger partial charge in [0.05, 0.1) is 9.21 Å². The van der Waals surface area contributed by atoms with Crippen LogP contribution in [0.4, 0.5) is 5.69 Å². The number of anilines is 1. The summed E-state index contributed by atoms with van der Waals surface area (Å²) in [4.78, 5) is 28.1. The minimum absolute atomic E-state index is 0.249. The van der Waals surface area contributed by atoms with Gasteiger partial charge in [0.15, 0.2) is 0 Å². The minimum Gasteiger partial charge on any atom is -0.337 e. The first kappa shape index (κ1) is 19.4. The molecule has 2 amide bonds. The fourth-order valence-corrected chi connectivity index (χ4v) is 5.21. The molecule has 1 aromatic carbocycles. The molecule has 1 fully saturated rings. The maximum absolute atomic E-state index is 12.8. The molecular weight excluding hydrogens is 394 g/mol. The van der Waals surface area contributed by atoms with Crippen LogP contribution in [-0.4, -0.2) is 42.4 Å². The maximum atomic E-state index is 12.8. The zero-order valence-corrected chi connectivity index (χ0v) is 17.8. The number of halogens is 1. The van der Waals surface area contributed by atoms with Crippen LogP contribution in [0.2, 0.25) is 4.34 Å². The zero-order valence-electron chi connectivity index (χ0n) is 16.2. The monoisotopic (exact) mass is 417 g/mol. The molecule has 4 rings (SSSR count). The van der Waals surface area contributed by atoms with Gasteiger partial charge < -0.3 is 15.5 Å². The lowest BCUT2D eigenvalue weighted by Gasteiger charge is -2.28. The van der Waals surface area contributed by atoms with Crippen molar-refractivity contribution in [2.24, 2.45) is 0 Å². The highest BCUT2D eigenvalue weighted by Gasteiger charge is 2.37. The van der Waals surface area contributed by atoms with Crippen LogP contribution in [0.3, 0.4) is 0 Å². The topological polar surface area (TPSA) is 61.4 Å². The van der Waals surface area contributed by atoms with Crippen LogP contribution >= 0.6 is 22.9 Å². The summed E-state index contributed by atoms with van der Waals surface area (Å²) in [6.45, 7) is 5.56. The summed E-state index contributed by atoms with van der Waals surface area (Å²) < 4.78 is 0.543. The average molecular weight is 418 g/mol. The van der Waals surface area contributed by atoms with Gasteiger partial charge in [-0.25, -0.2) is 0 Å². The molecule has 7 heteroatoms. The average Bonchev–Trinajstić information content (AvgIpc) is 3.16. The van der Waals surface area contributed by atoms with Gasteiger partial charge in [0, 0.05) is 18.8 Å². The number of rotatable bonds is 4. The van der Waals surface area contributed by atoms with Crippen molar-refractivity contribution in [1.29, 1.82) is 0 Å². The molecule has 1 aliphatic heterocycles. The summed E-state index contributed by atoms with van der Waals surface area (Å²) in [5.74, 6) is 0.577. The molecule has 28 heavy (non-hydrogen) atoms. The largest absolute Gasteiger partial charge is 0.337 e. The summed E-state index contributed by atoms with van der Waals surface area (Å²) in [5, 5.41) is 5.77. The number of likely N-dealkylation sites (tertiary alicyclic amines) is 1. The Balaban J connectivity index is 1.46. The van der Waals surface area contributed by atoms with Crippen LogP contribution in [0.5, 0.6) is 0 Å². The molecule has 1 saturated heterocycles. The van der Waals surface area contributed by atoms with Crippen LogP contribution in [0.1, 0.15) is 52.9 Å². The number of fused-ring (bicyclic) bond motifs is 5. The van der Waals surface area contributed by atoms with Crippen LogP contribution < -0.4 is 10.6 Å². The van der Waals surface area contributed by atoms with Gasteiger partial charge in [-0.05, 0) is 74.5 Å². The molecule has 2 N–H and O–H groups in total. The van der Waals surface area contributed by atoms with Gasteiger partial charge in [-0.2, -0.15) is 0 Å². The van der Waals surface area contributed by atoms with Gasteiger partial charge in [0.1, 0.15) is 5.54 Å². The number of nitrogens with one attached hydrogen (secondary N) is 2. The molecule has 0 saturated carbocycles. The van der Waals surface area contributed by atoms with Crippen molar-refractivity contribution in [3.63, 3.8) is 0 Å². The van der Waals surface area contributed by atoms with Crippen LogP contribution in [0.25, 0.3) is 0 Å². The molecule has 2 heterocycles. The standard InChI is InChI=1S/C21H24ClN3O2S/c1-21(2,24-19(26)17-6-7-18(22)28-17)20(27)23-14-4-5-15-12-8-13(16(15)9-14)11-25(3)10-12/h4-7,9,12-13H,8,10-11H2,1-3H3,(H,23,27)(H,24,26). The van der Waals surface area contributed by atoms with Crippen LogP contribution in [-0.2, 0) is 4.79 Å². The third-order valence-electron chi connectivity index (χ3n) is 5.65. The molecule has 148 valence electrons. The van der Waals surface area contributed by atoms with E-state index in [4.69, 9.17) is 11.6 Å². The van der Waals surface area contributed by atoms with Gasteiger partial charge in [-0.1, -0.05) is 17.7 Å². The van der Waals surface area contributed by atoms with Gasteiger partial charge in [-0.15, -0.1) is 11.3 Å². The van der Waals surface area contributed by atoms with E-state index in [9.17, 15) is 9.59 Å². The van der Waals surface area contributed by atoms with Gasteiger partial charge in [0.25, 0.3) is 5.91 Å². The van der Waals surface area contributed by atoms with Gasteiger partial charge in [-0.3, -0.25) is 9.59 Å². The minimum atomic E-state index is -1.05. The van der Waals surface area contributed by atoms with Crippen molar-refractivity contribution in [3.8, 4) is 0 Å². The predicted octanol–water partition coefficient (Wildman–Crippen LogP) is 4.06. The Morgan fingerprint density at radius 1 is 1.14 bits per heavy atom. The van der Waals surface area contributed by atoms with E-state index in [0.29, 0.717) is 21.0 Å². The lowest BCUT2D eigenvalue weighted by molar-refractivity contribution is -0.120. The van der Waals surface area contributed by atoms with Crippen LogP contribution in [0.15, 0.2) is 30.3 Å². The Morgan fingerprint density at radius 2 is 1.86 bits per heavy atom. The number of thiophene rings is 1. The van der Waals surface area contributed by atoms with Crippen LogP contribution in [0, 0.1) is 0 Å². The number of hydrogen-bond acceptors (Lipinski definition) is 4. The predicted molar refractivity (Wildman–Crippen MR) is 114 cm³/mol. The second kappa shape index (κ2) is 7.17. The van der Waals surface area contributed by atoms with Crippen molar-refractivity contribution in [1.82, 2.24) is 10.2 Å². The third-order valence-corrected chi connectivity index (χ3v) is 6.88. The SMILES string of the molecule is CN1CC2CC(C1)c1cc(NC(=O)C(C)(C)NC(=O)c3ccc(Cl)s3)ccc12. The molecule has 2 aromatic rings.